The standard InChI is InChI=1S/C22H18ClN3O2/c1-13-10-15(11-18(23)25-13)19-16(12-28-2)20-17(27)8-9-24-22(20)26-21(19)14-6-4-3-5-7-14/h3-11H,12H2,1-2H3,(H,24,26,27). The lowest BCUT2D eigenvalue weighted by molar-refractivity contribution is 0.186. The summed E-state index contributed by atoms with van der Waals surface area (Å²) < 4.78 is 5.48. The molecule has 0 fully saturated rings. The van der Waals surface area contributed by atoms with Gasteiger partial charge in [0.15, 0.2) is 5.43 Å². The predicted octanol–water partition coefficient (Wildman–Crippen LogP) is 4.76. The third kappa shape index (κ3) is 3.30. The highest BCUT2D eigenvalue weighted by molar-refractivity contribution is 6.29. The molecule has 0 spiro atoms. The summed E-state index contributed by atoms with van der Waals surface area (Å²) in [5.41, 5.74) is 5.34. The lowest BCUT2D eigenvalue weighted by atomic mass is 9.93. The van der Waals surface area contributed by atoms with Crippen LogP contribution in [0, 0.1) is 6.92 Å². The molecule has 3 aromatic heterocycles. The summed E-state index contributed by atoms with van der Waals surface area (Å²) in [6, 6.07) is 15.1. The number of rotatable bonds is 4. The first-order valence-corrected chi connectivity index (χ1v) is 9.19. The van der Waals surface area contributed by atoms with Gasteiger partial charge in [0, 0.05) is 41.8 Å². The fourth-order valence-electron chi connectivity index (χ4n) is 3.46. The number of aryl methyl sites for hydroxylation is 1. The van der Waals surface area contributed by atoms with Crippen molar-refractivity contribution in [3.63, 3.8) is 0 Å². The van der Waals surface area contributed by atoms with Gasteiger partial charge < -0.3 is 9.72 Å². The van der Waals surface area contributed by atoms with Crippen LogP contribution >= 0.6 is 11.6 Å². The molecule has 3 heterocycles. The number of hydrogen-bond donors (Lipinski definition) is 1. The largest absolute Gasteiger partial charge is 0.380 e. The summed E-state index contributed by atoms with van der Waals surface area (Å²) in [6.07, 6.45) is 1.61. The third-order valence-electron chi connectivity index (χ3n) is 4.55. The number of nitrogens with zero attached hydrogens (tertiary/aromatic N) is 2. The van der Waals surface area contributed by atoms with Gasteiger partial charge >= 0.3 is 0 Å². The first-order chi connectivity index (χ1) is 13.6. The third-order valence-corrected chi connectivity index (χ3v) is 4.74. The van der Waals surface area contributed by atoms with E-state index < -0.39 is 0 Å². The quantitative estimate of drug-likeness (QED) is 0.509. The average molecular weight is 392 g/mol. The Bertz CT molecular complexity index is 1200. The van der Waals surface area contributed by atoms with Gasteiger partial charge in [-0.15, -0.1) is 0 Å². The molecule has 0 aliphatic rings. The summed E-state index contributed by atoms with van der Waals surface area (Å²) in [6.45, 7) is 2.15. The number of hydrogen-bond acceptors (Lipinski definition) is 4. The highest BCUT2D eigenvalue weighted by Gasteiger charge is 2.20. The van der Waals surface area contributed by atoms with Crippen LogP contribution in [0.25, 0.3) is 33.4 Å². The molecule has 0 saturated heterocycles. The van der Waals surface area contributed by atoms with Gasteiger partial charge in [0.2, 0.25) is 0 Å². The van der Waals surface area contributed by atoms with Gasteiger partial charge in [-0.1, -0.05) is 41.9 Å². The molecule has 5 nitrogen and oxygen atoms in total. The molecule has 0 aliphatic heterocycles. The molecular weight excluding hydrogens is 374 g/mol. The van der Waals surface area contributed by atoms with Crippen molar-refractivity contribution in [1.29, 1.82) is 0 Å². The van der Waals surface area contributed by atoms with Crippen molar-refractivity contribution in [2.45, 2.75) is 13.5 Å². The first-order valence-electron chi connectivity index (χ1n) is 8.81. The summed E-state index contributed by atoms with van der Waals surface area (Å²) in [5.74, 6) is 0. The van der Waals surface area contributed by atoms with E-state index in [-0.39, 0.29) is 12.0 Å². The Morgan fingerprint density at radius 1 is 1.07 bits per heavy atom. The molecule has 0 atom stereocenters. The molecule has 6 heteroatoms. The molecule has 1 N–H and O–H groups in total. The minimum Gasteiger partial charge on any atom is -0.380 e. The number of aromatic nitrogens is 3. The number of benzene rings is 1. The number of fused-ring (bicyclic) bond motifs is 1. The fraction of sp³-hybridized carbons (Fsp3) is 0.136. The minimum absolute atomic E-state index is 0.106. The zero-order chi connectivity index (χ0) is 19.7. The number of pyridine rings is 3. The smallest absolute Gasteiger partial charge is 0.191 e. The predicted molar refractivity (Wildman–Crippen MR) is 111 cm³/mol. The summed E-state index contributed by atoms with van der Waals surface area (Å²) in [7, 11) is 1.61. The molecule has 1 aromatic carbocycles. The van der Waals surface area contributed by atoms with Crippen LogP contribution in [-0.2, 0) is 11.3 Å². The topological polar surface area (TPSA) is 67.9 Å². The summed E-state index contributed by atoms with van der Waals surface area (Å²) >= 11 is 6.25. The van der Waals surface area contributed by atoms with Gasteiger partial charge in [-0.3, -0.25) is 4.79 Å². The Balaban J connectivity index is 2.19. The lowest BCUT2D eigenvalue weighted by Gasteiger charge is -2.17. The highest BCUT2D eigenvalue weighted by Crippen LogP contribution is 2.37. The maximum Gasteiger partial charge on any atom is 0.191 e. The van der Waals surface area contributed by atoms with Crippen molar-refractivity contribution >= 4 is 22.6 Å². The van der Waals surface area contributed by atoms with Crippen molar-refractivity contribution in [2.75, 3.05) is 7.11 Å². The van der Waals surface area contributed by atoms with Crippen LogP contribution in [0.4, 0.5) is 0 Å². The number of methoxy groups -OCH3 is 1. The Morgan fingerprint density at radius 3 is 2.57 bits per heavy atom. The van der Waals surface area contributed by atoms with Crippen LogP contribution in [-0.4, -0.2) is 22.1 Å². The monoisotopic (exact) mass is 391 g/mol. The van der Waals surface area contributed by atoms with E-state index in [1.165, 1.54) is 6.07 Å². The van der Waals surface area contributed by atoms with E-state index in [1.807, 2.05) is 43.3 Å². The molecule has 4 aromatic rings. The molecule has 0 saturated carbocycles. The number of aromatic amines is 1. The number of nitrogens with one attached hydrogen (secondary N) is 1. The van der Waals surface area contributed by atoms with Crippen molar-refractivity contribution in [3.8, 4) is 22.4 Å². The fourth-order valence-corrected chi connectivity index (χ4v) is 3.71. The molecule has 0 amide bonds. The molecule has 4 rings (SSSR count). The van der Waals surface area contributed by atoms with E-state index in [2.05, 4.69) is 9.97 Å². The van der Waals surface area contributed by atoms with Gasteiger partial charge in [-0.25, -0.2) is 9.97 Å². The average Bonchev–Trinajstić information content (AvgIpc) is 2.68. The zero-order valence-corrected chi connectivity index (χ0v) is 16.2. The lowest BCUT2D eigenvalue weighted by Crippen LogP contribution is -2.09. The van der Waals surface area contributed by atoms with Crippen LogP contribution in [0.5, 0.6) is 0 Å². The van der Waals surface area contributed by atoms with Gasteiger partial charge in [-0.2, -0.15) is 0 Å². The highest BCUT2D eigenvalue weighted by atomic mass is 35.5. The van der Waals surface area contributed by atoms with E-state index in [4.69, 9.17) is 21.3 Å². The molecule has 0 radical (unpaired) electrons. The number of H-pyrrole nitrogens is 1. The van der Waals surface area contributed by atoms with E-state index in [0.29, 0.717) is 16.2 Å². The normalized spacial score (nSPS) is 11.1. The Labute approximate surface area is 167 Å². The van der Waals surface area contributed by atoms with Crippen molar-refractivity contribution in [2.24, 2.45) is 0 Å². The minimum atomic E-state index is -0.106. The van der Waals surface area contributed by atoms with Crippen LogP contribution in [0.2, 0.25) is 5.15 Å². The van der Waals surface area contributed by atoms with E-state index in [0.717, 1.165) is 33.6 Å². The van der Waals surface area contributed by atoms with Crippen LogP contribution in [0.1, 0.15) is 11.3 Å². The van der Waals surface area contributed by atoms with E-state index in [9.17, 15) is 4.79 Å². The van der Waals surface area contributed by atoms with Crippen molar-refractivity contribution < 1.29 is 4.74 Å². The second-order valence-electron chi connectivity index (χ2n) is 6.50. The molecule has 140 valence electrons. The maximum atomic E-state index is 12.7. The second-order valence-corrected chi connectivity index (χ2v) is 6.89. The van der Waals surface area contributed by atoms with Crippen LogP contribution in [0.15, 0.2) is 59.5 Å². The number of ether oxygens (including phenoxy) is 1. The van der Waals surface area contributed by atoms with Gasteiger partial charge in [0.05, 0.1) is 17.7 Å². The molecule has 0 aliphatic carbocycles. The Kier molecular flexibility index (Phi) is 4.94. The van der Waals surface area contributed by atoms with E-state index >= 15 is 0 Å². The van der Waals surface area contributed by atoms with Crippen LogP contribution in [0.3, 0.4) is 0 Å². The molecular formula is C22H18ClN3O2. The maximum absolute atomic E-state index is 12.7. The zero-order valence-electron chi connectivity index (χ0n) is 15.5. The Hall–Kier alpha value is -3.02. The van der Waals surface area contributed by atoms with Crippen LogP contribution < -0.4 is 5.43 Å². The van der Waals surface area contributed by atoms with Gasteiger partial charge in [0.1, 0.15) is 10.8 Å². The van der Waals surface area contributed by atoms with Gasteiger partial charge in [-0.05, 0) is 24.6 Å². The van der Waals surface area contributed by atoms with Gasteiger partial charge in [0.25, 0.3) is 0 Å². The molecule has 0 unspecified atom stereocenters. The summed E-state index contributed by atoms with van der Waals surface area (Å²) in [4.78, 5) is 24.9. The first kappa shape index (κ1) is 18.3. The molecule has 0 bridgehead atoms. The van der Waals surface area contributed by atoms with Crippen molar-refractivity contribution in [1.82, 2.24) is 15.0 Å². The van der Waals surface area contributed by atoms with Crippen molar-refractivity contribution in [3.05, 3.63) is 81.4 Å². The number of halogens is 1. The summed E-state index contributed by atoms with van der Waals surface area (Å²) in [5, 5.41) is 0.907. The second kappa shape index (κ2) is 7.54. The molecule has 28 heavy (non-hydrogen) atoms. The SMILES string of the molecule is COCc1c(-c2cc(C)nc(Cl)c2)c(-c2ccccc2)nc2[nH]ccc(=O)c12. The van der Waals surface area contributed by atoms with E-state index in [1.54, 1.807) is 19.4 Å². The Morgan fingerprint density at radius 2 is 1.86 bits per heavy atom.